The molecule has 4 rings (SSSR count). The number of hydrogen-bond donors (Lipinski definition) is 1. The highest BCUT2D eigenvalue weighted by molar-refractivity contribution is 5.90. The van der Waals surface area contributed by atoms with Gasteiger partial charge < -0.3 is 15.0 Å². The summed E-state index contributed by atoms with van der Waals surface area (Å²) in [7, 11) is 0. The van der Waals surface area contributed by atoms with Crippen LogP contribution in [0.15, 0.2) is 42.5 Å². The van der Waals surface area contributed by atoms with Gasteiger partial charge in [-0.05, 0) is 49.1 Å². The van der Waals surface area contributed by atoms with Crippen molar-refractivity contribution in [3.05, 3.63) is 59.4 Å². The number of ether oxygens (including phenoxy) is 1. The maximum absolute atomic E-state index is 13.2. The van der Waals surface area contributed by atoms with Crippen molar-refractivity contribution in [2.24, 2.45) is 5.92 Å². The number of amides is 2. The Bertz CT molecular complexity index is 895. The average molecular weight is 382 g/mol. The molecule has 2 aromatic carbocycles. The van der Waals surface area contributed by atoms with Crippen LogP contribution >= 0.6 is 0 Å². The molecule has 0 bridgehead atoms. The largest absolute Gasteiger partial charge is 0.491 e. The van der Waals surface area contributed by atoms with E-state index in [1.807, 2.05) is 23.1 Å². The van der Waals surface area contributed by atoms with Gasteiger partial charge in [0, 0.05) is 30.1 Å². The number of fused-ring (bicyclic) bond motifs is 1. The van der Waals surface area contributed by atoms with Gasteiger partial charge in [0.2, 0.25) is 11.8 Å². The maximum Gasteiger partial charge on any atom is 0.226 e. The van der Waals surface area contributed by atoms with Crippen LogP contribution in [0.25, 0.3) is 0 Å². The summed E-state index contributed by atoms with van der Waals surface area (Å²) in [6.45, 7) is 1.66. The number of hydrogen-bond acceptors (Lipinski definition) is 3. The van der Waals surface area contributed by atoms with Crippen LogP contribution in [-0.2, 0) is 22.6 Å². The molecule has 1 fully saturated rings. The molecule has 1 heterocycles. The molecular weight excluding hydrogens is 359 g/mol. The molecule has 1 aliphatic carbocycles. The highest BCUT2D eigenvalue weighted by Gasteiger charge is 2.34. The van der Waals surface area contributed by atoms with E-state index in [9.17, 15) is 14.0 Å². The molecule has 28 heavy (non-hydrogen) atoms. The third-order valence-electron chi connectivity index (χ3n) is 5.09. The van der Waals surface area contributed by atoms with Crippen molar-refractivity contribution in [1.82, 2.24) is 4.90 Å². The summed E-state index contributed by atoms with van der Waals surface area (Å²) in [5, 5.41) is 2.71. The fraction of sp³-hybridized carbons (Fsp3) is 0.364. The minimum absolute atomic E-state index is 0.165. The highest BCUT2D eigenvalue weighted by Crippen LogP contribution is 2.33. The summed E-state index contributed by atoms with van der Waals surface area (Å²) in [6.07, 6.45) is 2.83. The van der Waals surface area contributed by atoms with Gasteiger partial charge in [-0.25, -0.2) is 4.39 Å². The molecule has 1 aliphatic heterocycles. The Morgan fingerprint density at radius 2 is 2.04 bits per heavy atom. The number of carbonyl (C=O) groups is 2. The van der Waals surface area contributed by atoms with E-state index in [4.69, 9.17) is 4.74 Å². The maximum atomic E-state index is 13.2. The summed E-state index contributed by atoms with van der Waals surface area (Å²) < 4.78 is 19.0. The first-order valence-corrected chi connectivity index (χ1v) is 9.67. The van der Waals surface area contributed by atoms with E-state index in [2.05, 4.69) is 5.32 Å². The smallest absolute Gasteiger partial charge is 0.226 e. The van der Waals surface area contributed by atoms with E-state index in [0.717, 1.165) is 29.7 Å². The molecule has 6 heteroatoms. The van der Waals surface area contributed by atoms with Crippen molar-refractivity contribution in [2.75, 3.05) is 18.5 Å². The molecule has 0 unspecified atom stereocenters. The molecule has 2 aromatic rings. The van der Waals surface area contributed by atoms with Crippen molar-refractivity contribution in [3.8, 4) is 5.75 Å². The predicted octanol–water partition coefficient (Wildman–Crippen LogP) is 3.53. The lowest BCUT2D eigenvalue weighted by molar-refractivity contribution is -0.133. The predicted molar refractivity (Wildman–Crippen MR) is 103 cm³/mol. The van der Waals surface area contributed by atoms with Gasteiger partial charge in [0.25, 0.3) is 0 Å². The van der Waals surface area contributed by atoms with E-state index in [-0.39, 0.29) is 23.5 Å². The van der Waals surface area contributed by atoms with Crippen molar-refractivity contribution in [1.29, 1.82) is 0 Å². The molecule has 0 radical (unpaired) electrons. The lowest BCUT2D eigenvalue weighted by Gasteiger charge is -2.19. The molecule has 0 atom stereocenters. The number of nitrogens with zero attached hydrogens (tertiary/aromatic N) is 1. The van der Waals surface area contributed by atoms with E-state index in [0.29, 0.717) is 38.2 Å². The molecule has 1 N–H and O–H groups in total. The van der Waals surface area contributed by atoms with Crippen LogP contribution in [0.5, 0.6) is 5.75 Å². The monoisotopic (exact) mass is 382 g/mol. The Morgan fingerprint density at radius 1 is 1.18 bits per heavy atom. The van der Waals surface area contributed by atoms with Crippen LogP contribution in [0.4, 0.5) is 10.1 Å². The van der Waals surface area contributed by atoms with Crippen molar-refractivity contribution in [2.45, 2.75) is 32.2 Å². The van der Waals surface area contributed by atoms with Gasteiger partial charge in [0.05, 0.1) is 6.54 Å². The second kappa shape index (κ2) is 8.00. The highest BCUT2D eigenvalue weighted by atomic mass is 19.1. The van der Waals surface area contributed by atoms with Gasteiger partial charge in [-0.1, -0.05) is 18.2 Å². The van der Waals surface area contributed by atoms with Crippen LogP contribution in [0.3, 0.4) is 0 Å². The number of aryl methyl sites for hydroxylation is 1. The van der Waals surface area contributed by atoms with Crippen LogP contribution in [-0.4, -0.2) is 29.9 Å². The van der Waals surface area contributed by atoms with Crippen LogP contribution in [0.1, 0.15) is 30.4 Å². The Labute approximate surface area is 163 Å². The van der Waals surface area contributed by atoms with Crippen molar-refractivity contribution in [3.63, 3.8) is 0 Å². The number of nitrogens with one attached hydrogen (secondary N) is 1. The van der Waals surface area contributed by atoms with Crippen molar-refractivity contribution >= 4 is 17.5 Å². The average Bonchev–Trinajstić information content (AvgIpc) is 3.52. The van der Waals surface area contributed by atoms with Crippen LogP contribution in [0.2, 0.25) is 0 Å². The Balaban J connectivity index is 1.38. The molecule has 0 saturated heterocycles. The summed E-state index contributed by atoms with van der Waals surface area (Å²) in [4.78, 5) is 26.4. The van der Waals surface area contributed by atoms with Gasteiger partial charge in [0.15, 0.2) is 0 Å². The van der Waals surface area contributed by atoms with Gasteiger partial charge in [-0.2, -0.15) is 0 Å². The second-order valence-corrected chi connectivity index (χ2v) is 7.38. The molecule has 0 aromatic heterocycles. The van der Waals surface area contributed by atoms with Gasteiger partial charge in [0.1, 0.15) is 18.2 Å². The molecule has 146 valence electrons. The number of carbonyl (C=O) groups excluding carboxylic acids is 2. The lowest BCUT2D eigenvalue weighted by Crippen LogP contribution is -2.33. The Hall–Kier alpha value is -2.89. The zero-order chi connectivity index (χ0) is 19.5. The molecular formula is C22H23FN2O3. The topological polar surface area (TPSA) is 58.6 Å². The fourth-order valence-electron chi connectivity index (χ4n) is 3.43. The normalized spacial score (nSPS) is 16.0. The van der Waals surface area contributed by atoms with Crippen LogP contribution in [0, 0.1) is 11.7 Å². The third kappa shape index (κ3) is 4.50. The van der Waals surface area contributed by atoms with E-state index in [1.165, 1.54) is 12.1 Å². The molecule has 2 aliphatic rings. The quantitative estimate of drug-likeness (QED) is 0.861. The minimum atomic E-state index is -0.381. The number of halogens is 1. The van der Waals surface area contributed by atoms with E-state index < -0.39 is 0 Å². The zero-order valence-corrected chi connectivity index (χ0v) is 15.6. The van der Waals surface area contributed by atoms with Crippen molar-refractivity contribution < 1.29 is 18.7 Å². The number of anilines is 1. The molecule has 2 amide bonds. The van der Waals surface area contributed by atoms with Crippen LogP contribution < -0.4 is 10.1 Å². The SMILES string of the molecule is O=C(CCc1ccc2c(c1)CN(C(=O)C1CC1)CCO2)Nc1cccc(F)c1. The molecule has 1 saturated carbocycles. The van der Waals surface area contributed by atoms with Gasteiger partial charge >= 0.3 is 0 Å². The molecule has 5 nitrogen and oxygen atoms in total. The van der Waals surface area contributed by atoms with Gasteiger partial charge in [-0.3, -0.25) is 9.59 Å². The summed E-state index contributed by atoms with van der Waals surface area (Å²) in [5.74, 6) is 0.669. The zero-order valence-electron chi connectivity index (χ0n) is 15.6. The van der Waals surface area contributed by atoms with E-state index >= 15 is 0 Å². The number of rotatable bonds is 5. The summed E-state index contributed by atoms with van der Waals surface area (Å²) >= 11 is 0. The van der Waals surface area contributed by atoms with Gasteiger partial charge in [-0.15, -0.1) is 0 Å². The Kier molecular flexibility index (Phi) is 5.28. The molecule has 0 spiro atoms. The second-order valence-electron chi connectivity index (χ2n) is 7.38. The minimum Gasteiger partial charge on any atom is -0.491 e. The van der Waals surface area contributed by atoms with E-state index in [1.54, 1.807) is 12.1 Å². The Morgan fingerprint density at radius 3 is 2.82 bits per heavy atom. The summed E-state index contributed by atoms with van der Waals surface area (Å²) in [6, 6.07) is 11.7. The number of benzene rings is 2. The first kappa shape index (κ1) is 18.5. The lowest BCUT2D eigenvalue weighted by atomic mass is 10.0. The first-order valence-electron chi connectivity index (χ1n) is 9.67. The summed E-state index contributed by atoms with van der Waals surface area (Å²) in [5.41, 5.74) is 2.45. The standard InChI is InChI=1S/C22H23FN2O3/c23-18-2-1-3-19(13-18)24-21(26)9-5-15-4-8-20-17(12-15)14-25(10-11-28-20)22(27)16-6-7-16/h1-4,8,12-13,16H,5-7,9-11,14H2,(H,24,26). The third-order valence-corrected chi connectivity index (χ3v) is 5.09. The fourth-order valence-corrected chi connectivity index (χ4v) is 3.43. The first-order chi connectivity index (χ1) is 13.6.